The van der Waals surface area contributed by atoms with Gasteiger partial charge in [0.25, 0.3) is 5.91 Å². The van der Waals surface area contributed by atoms with Gasteiger partial charge < -0.3 is 10.1 Å². The van der Waals surface area contributed by atoms with Crippen molar-refractivity contribution in [3.8, 4) is 11.8 Å². The molecule has 0 atom stereocenters. The summed E-state index contributed by atoms with van der Waals surface area (Å²) < 4.78 is 6.52. The van der Waals surface area contributed by atoms with E-state index in [0.717, 1.165) is 21.2 Å². The minimum Gasteiger partial charge on any atom is -0.496 e. The molecule has 3 aromatic rings. The summed E-state index contributed by atoms with van der Waals surface area (Å²) in [4.78, 5) is 12.8. The van der Waals surface area contributed by atoms with Crippen molar-refractivity contribution in [2.75, 3.05) is 12.4 Å². The number of aryl methyl sites for hydroxylation is 3. The van der Waals surface area contributed by atoms with Crippen molar-refractivity contribution in [3.63, 3.8) is 0 Å². The fourth-order valence-corrected chi connectivity index (χ4v) is 4.43. The highest BCUT2D eigenvalue weighted by atomic mass is 79.9. The number of carbonyl (C=O) groups is 1. The van der Waals surface area contributed by atoms with Gasteiger partial charge in [-0.15, -0.1) is 0 Å². The summed E-state index contributed by atoms with van der Waals surface area (Å²) in [6, 6.07) is 17.9. The van der Waals surface area contributed by atoms with Crippen LogP contribution in [0.25, 0.3) is 6.08 Å². The molecule has 0 heterocycles. The van der Waals surface area contributed by atoms with Crippen molar-refractivity contribution >= 4 is 33.6 Å². The van der Waals surface area contributed by atoms with E-state index < -0.39 is 5.91 Å². The lowest BCUT2D eigenvalue weighted by molar-refractivity contribution is -0.112. The standard InChI is InChI=1S/C28H27BrN2O2/c1-17-9-18(2)11-21(10-17)13-24-25(29)14-22(15-27(24)33-5)12-23(16-30)28(32)31-26-8-6-7-19(3)20(26)4/h6-12,14-15H,13H2,1-5H3,(H,31,32)/b23-12+. The maximum Gasteiger partial charge on any atom is 0.266 e. The first kappa shape index (κ1) is 24.3. The SMILES string of the molecule is COc1cc(/C=C(\C#N)C(=O)Nc2cccc(C)c2C)cc(Br)c1Cc1cc(C)cc(C)c1. The number of hydrogen-bond donors (Lipinski definition) is 1. The lowest BCUT2D eigenvalue weighted by Gasteiger charge is -2.14. The number of nitrogens with zero attached hydrogens (tertiary/aromatic N) is 1. The third-order valence-corrected chi connectivity index (χ3v) is 6.30. The summed E-state index contributed by atoms with van der Waals surface area (Å²) in [7, 11) is 1.62. The second-order valence-electron chi connectivity index (χ2n) is 8.23. The van der Waals surface area contributed by atoms with Gasteiger partial charge in [0.05, 0.1) is 7.11 Å². The summed E-state index contributed by atoms with van der Waals surface area (Å²) in [6.45, 7) is 8.10. The molecule has 0 saturated carbocycles. The molecule has 0 unspecified atom stereocenters. The normalized spacial score (nSPS) is 11.1. The van der Waals surface area contributed by atoms with Gasteiger partial charge in [-0.3, -0.25) is 4.79 Å². The fraction of sp³-hybridized carbons (Fsp3) is 0.214. The summed E-state index contributed by atoms with van der Waals surface area (Å²) in [5.41, 5.74) is 8.11. The maximum atomic E-state index is 12.8. The van der Waals surface area contributed by atoms with Crippen LogP contribution in [0.4, 0.5) is 5.69 Å². The molecule has 0 saturated heterocycles. The number of hydrogen-bond acceptors (Lipinski definition) is 3. The van der Waals surface area contributed by atoms with Crippen molar-refractivity contribution in [2.24, 2.45) is 0 Å². The Morgan fingerprint density at radius 1 is 1.09 bits per heavy atom. The largest absolute Gasteiger partial charge is 0.496 e. The van der Waals surface area contributed by atoms with Gasteiger partial charge in [0, 0.05) is 22.1 Å². The number of amides is 1. The number of methoxy groups -OCH3 is 1. The average Bonchev–Trinajstić information content (AvgIpc) is 2.76. The van der Waals surface area contributed by atoms with Crippen LogP contribution in [-0.2, 0) is 11.2 Å². The predicted molar refractivity (Wildman–Crippen MR) is 138 cm³/mol. The Kier molecular flexibility index (Phi) is 7.73. The highest BCUT2D eigenvalue weighted by molar-refractivity contribution is 9.10. The van der Waals surface area contributed by atoms with E-state index in [0.29, 0.717) is 23.4 Å². The van der Waals surface area contributed by atoms with Crippen LogP contribution >= 0.6 is 15.9 Å². The van der Waals surface area contributed by atoms with E-state index in [1.165, 1.54) is 16.7 Å². The molecule has 4 nitrogen and oxygen atoms in total. The quantitative estimate of drug-likeness (QED) is 0.296. The minimum absolute atomic E-state index is 0.0203. The number of ether oxygens (including phenoxy) is 1. The Labute approximate surface area is 204 Å². The molecule has 33 heavy (non-hydrogen) atoms. The second-order valence-corrected chi connectivity index (χ2v) is 9.08. The number of halogens is 1. The van der Waals surface area contributed by atoms with Gasteiger partial charge in [-0.25, -0.2) is 0 Å². The van der Waals surface area contributed by atoms with Crippen molar-refractivity contribution < 1.29 is 9.53 Å². The molecule has 0 bridgehead atoms. The zero-order valence-corrected chi connectivity index (χ0v) is 21.1. The van der Waals surface area contributed by atoms with Crippen molar-refractivity contribution in [1.29, 1.82) is 5.26 Å². The molecule has 0 aliphatic rings. The first-order valence-corrected chi connectivity index (χ1v) is 11.4. The van der Waals surface area contributed by atoms with E-state index >= 15 is 0 Å². The number of carbonyl (C=O) groups excluding carboxylic acids is 1. The van der Waals surface area contributed by atoms with Gasteiger partial charge in [0.15, 0.2) is 0 Å². The molecular weight excluding hydrogens is 476 g/mol. The van der Waals surface area contributed by atoms with Crippen LogP contribution in [0.1, 0.15) is 38.9 Å². The molecule has 3 rings (SSSR count). The molecule has 0 spiro atoms. The predicted octanol–water partition coefficient (Wildman–Crippen LogP) is 6.83. The average molecular weight is 503 g/mol. The maximum absolute atomic E-state index is 12.8. The molecule has 0 aromatic heterocycles. The summed E-state index contributed by atoms with van der Waals surface area (Å²) in [5, 5.41) is 12.5. The van der Waals surface area contributed by atoms with E-state index in [2.05, 4.69) is 53.3 Å². The zero-order chi connectivity index (χ0) is 24.1. The number of anilines is 1. The molecule has 0 aliphatic heterocycles. The van der Waals surface area contributed by atoms with Gasteiger partial charge in [-0.2, -0.15) is 5.26 Å². The lowest BCUT2D eigenvalue weighted by atomic mass is 9.98. The molecule has 1 amide bonds. The van der Waals surface area contributed by atoms with Crippen molar-refractivity contribution in [1.82, 2.24) is 0 Å². The molecule has 3 aromatic carbocycles. The number of nitrogens with one attached hydrogen (secondary N) is 1. The molecular formula is C28H27BrN2O2. The van der Waals surface area contributed by atoms with Crippen LogP contribution in [0.3, 0.4) is 0 Å². The minimum atomic E-state index is -0.444. The summed E-state index contributed by atoms with van der Waals surface area (Å²) in [5.74, 6) is 0.252. The monoisotopic (exact) mass is 502 g/mol. The van der Waals surface area contributed by atoms with Crippen LogP contribution in [-0.4, -0.2) is 13.0 Å². The summed E-state index contributed by atoms with van der Waals surface area (Å²) >= 11 is 3.66. The van der Waals surface area contributed by atoms with E-state index in [-0.39, 0.29) is 5.57 Å². The Morgan fingerprint density at radius 3 is 2.42 bits per heavy atom. The highest BCUT2D eigenvalue weighted by Gasteiger charge is 2.15. The highest BCUT2D eigenvalue weighted by Crippen LogP contribution is 2.32. The van der Waals surface area contributed by atoms with Crippen LogP contribution < -0.4 is 10.1 Å². The van der Waals surface area contributed by atoms with Crippen LogP contribution in [0, 0.1) is 39.0 Å². The van der Waals surface area contributed by atoms with Gasteiger partial charge in [-0.1, -0.05) is 57.4 Å². The first-order chi connectivity index (χ1) is 15.7. The molecule has 0 fully saturated rings. The van der Waals surface area contributed by atoms with Gasteiger partial charge in [-0.05, 0) is 74.2 Å². The number of rotatable bonds is 6. The Morgan fingerprint density at radius 2 is 1.79 bits per heavy atom. The van der Waals surface area contributed by atoms with Gasteiger partial charge in [0.2, 0.25) is 0 Å². The van der Waals surface area contributed by atoms with Crippen LogP contribution in [0.5, 0.6) is 5.75 Å². The smallest absolute Gasteiger partial charge is 0.266 e. The fourth-order valence-electron chi connectivity index (χ4n) is 3.83. The lowest BCUT2D eigenvalue weighted by Crippen LogP contribution is -2.14. The van der Waals surface area contributed by atoms with E-state index in [1.54, 1.807) is 13.2 Å². The van der Waals surface area contributed by atoms with E-state index in [9.17, 15) is 10.1 Å². The van der Waals surface area contributed by atoms with Crippen molar-refractivity contribution in [3.05, 3.63) is 97.5 Å². The Balaban J connectivity index is 1.91. The number of nitriles is 1. The van der Waals surface area contributed by atoms with Gasteiger partial charge in [0.1, 0.15) is 17.4 Å². The van der Waals surface area contributed by atoms with E-state index in [4.69, 9.17) is 4.74 Å². The van der Waals surface area contributed by atoms with E-state index in [1.807, 2.05) is 50.2 Å². The van der Waals surface area contributed by atoms with Crippen molar-refractivity contribution in [2.45, 2.75) is 34.1 Å². The molecule has 168 valence electrons. The molecule has 5 heteroatoms. The topological polar surface area (TPSA) is 62.1 Å². The zero-order valence-electron chi connectivity index (χ0n) is 19.5. The second kappa shape index (κ2) is 10.5. The van der Waals surface area contributed by atoms with Crippen LogP contribution in [0.2, 0.25) is 0 Å². The third kappa shape index (κ3) is 5.91. The first-order valence-electron chi connectivity index (χ1n) is 10.6. The molecule has 0 radical (unpaired) electrons. The Hall–Kier alpha value is -3.36. The molecule has 0 aliphatic carbocycles. The molecule has 1 N–H and O–H groups in total. The van der Waals surface area contributed by atoms with Gasteiger partial charge >= 0.3 is 0 Å². The van der Waals surface area contributed by atoms with Crippen LogP contribution in [0.15, 0.2) is 58.6 Å². The Bertz CT molecular complexity index is 1270. The number of benzene rings is 3. The summed E-state index contributed by atoms with van der Waals surface area (Å²) in [6.07, 6.45) is 2.28. The third-order valence-electron chi connectivity index (χ3n) is 5.59.